The Balaban J connectivity index is 1.75. The zero-order valence-corrected chi connectivity index (χ0v) is 10.4. The van der Waals surface area contributed by atoms with E-state index in [1.54, 1.807) is 12.3 Å². The number of nitrogens with zero attached hydrogens (tertiary/aromatic N) is 2. The molecule has 0 unspecified atom stereocenters. The van der Waals surface area contributed by atoms with Gasteiger partial charge in [0.15, 0.2) is 0 Å². The van der Waals surface area contributed by atoms with Gasteiger partial charge in [0.05, 0.1) is 11.9 Å². The van der Waals surface area contributed by atoms with Crippen molar-refractivity contribution in [2.75, 3.05) is 6.54 Å². The Morgan fingerprint density at radius 1 is 1.50 bits per heavy atom. The zero-order chi connectivity index (χ0) is 12.8. The third-order valence-corrected chi connectivity index (χ3v) is 2.84. The van der Waals surface area contributed by atoms with Gasteiger partial charge in [0, 0.05) is 18.4 Å². The molecule has 0 aliphatic heterocycles. The van der Waals surface area contributed by atoms with Gasteiger partial charge >= 0.3 is 0 Å². The molecule has 2 aromatic heterocycles. The summed E-state index contributed by atoms with van der Waals surface area (Å²) in [7, 11) is 0. The molecular weight excluding hydrogens is 231 g/mol. The molecule has 96 valence electrons. The van der Waals surface area contributed by atoms with Crippen LogP contribution in [0.1, 0.15) is 30.6 Å². The maximum absolute atomic E-state index is 13.5. The van der Waals surface area contributed by atoms with Crippen LogP contribution in [0.2, 0.25) is 0 Å². The van der Waals surface area contributed by atoms with Crippen LogP contribution in [0.5, 0.6) is 0 Å². The van der Waals surface area contributed by atoms with Crippen LogP contribution >= 0.6 is 0 Å². The lowest BCUT2D eigenvalue weighted by Gasteiger charge is -2.13. The molecule has 2 N–H and O–H groups in total. The Bertz CT molecular complexity index is 470. The van der Waals surface area contributed by atoms with Crippen molar-refractivity contribution in [2.45, 2.75) is 25.8 Å². The third-order valence-electron chi connectivity index (χ3n) is 2.84. The van der Waals surface area contributed by atoms with Crippen molar-refractivity contribution in [2.24, 2.45) is 0 Å². The highest BCUT2D eigenvalue weighted by molar-refractivity contribution is 5.10. The zero-order valence-electron chi connectivity index (χ0n) is 10.4. The van der Waals surface area contributed by atoms with Gasteiger partial charge in [-0.15, -0.1) is 0 Å². The maximum atomic E-state index is 13.5. The van der Waals surface area contributed by atoms with E-state index < -0.39 is 0 Å². The van der Waals surface area contributed by atoms with Gasteiger partial charge in [0.2, 0.25) is 0 Å². The monoisotopic (exact) mass is 248 g/mol. The summed E-state index contributed by atoms with van der Waals surface area (Å²) < 4.78 is 13.5. The second-order valence-corrected chi connectivity index (χ2v) is 4.26. The number of hydrogen-bond acceptors (Lipinski definition) is 3. The fraction of sp³-hybridized carbons (Fsp3) is 0.385. The topological polar surface area (TPSA) is 53.6 Å². The molecular formula is C13H17FN4. The van der Waals surface area contributed by atoms with E-state index in [0.717, 1.165) is 19.4 Å². The molecule has 18 heavy (non-hydrogen) atoms. The first kappa shape index (κ1) is 12.7. The molecule has 5 heteroatoms. The number of rotatable bonds is 6. The van der Waals surface area contributed by atoms with E-state index in [1.807, 2.05) is 19.3 Å². The lowest BCUT2D eigenvalue weighted by Crippen LogP contribution is -2.22. The van der Waals surface area contributed by atoms with E-state index in [-0.39, 0.29) is 11.9 Å². The minimum Gasteiger partial charge on any atom is -0.309 e. The van der Waals surface area contributed by atoms with E-state index in [2.05, 4.69) is 20.5 Å². The van der Waals surface area contributed by atoms with Gasteiger partial charge in [0.1, 0.15) is 5.82 Å². The minimum atomic E-state index is -0.257. The van der Waals surface area contributed by atoms with E-state index in [9.17, 15) is 4.39 Å². The molecule has 0 aromatic carbocycles. The summed E-state index contributed by atoms with van der Waals surface area (Å²) in [4.78, 5) is 4.05. The van der Waals surface area contributed by atoms with Crippen molar-refractivity contribution >= 4 is 0 Å². The molecule has 0 radical (unpaired) electrons. The largest absolute Gasteiger partial charge is 0.309 e. The van der Waals surface area contributed by atoms with Crippen LogP contribution in [0, 0.1) is 5.82 Å². The summed E-state index contributed by atoms with van der Waals surface area (Å²) in [5.74, 6) is -0.257. The first-order valence-corrected chi connectivity index (χ1v) is 6.09. The Kier molecular flexibility index (Phi) is 4.41. The van der Waals surface area contributed by atoms with Crippen LogP contribution in [0.3, 0.4) is 0 Å². The van der Waals surface area contributed by atoms with Crippen molar-refractivity contribution in [3.63, 3.8) is 0 Å². The Labute approximate surface area is 106 Å². The lowest BCUT2D eigenvalue weighted by molar-refractivity contribution is 0.507. The Morgan fingerprint density at radius 3 is 3.11 bits per heavy atom. The summed E-state index contributed by atoms with van der Waals surface area (Å²) in [6.45, 7) is 2.74. The number of nitrogens with one attached hydrogen (secondary N) is 2. The molecule has 0 aliphatic rings. The van der Waals surface area contributed by atoms with Gasteiger partial charge in [-0.05, 0) is 44.0 Å². The molecule has 2 rings (SSSR count). The standard InChI is InChI=1S/C13H17FN4/c1-10(13-12(14)5-3-7-16-13)15-6-2-4-11-8-17-18-9-11/h3,5,7-10,15H,2,4,6H2,1H3,(H,17,18)/t10-/m0/s1. The average molecular weight is 248 g/mol. The van der Waals surface area contributed by atoms with Crippen LogP contribution in [0.4, 0.5) is 4.39 Å². The van der Waals surface area contributed by atoms with Crippen LogP contribution in [0.25, 0.3) is 0 Å². The fourth-order valence-electron chi connectivity index (χ4n) is 1.84. The first-order valence-electron chi connectivity index (χ1n) is 6.09. The smallest absolute Gasteiger partial charge is 0.146 e. The van der Waals surface area contributed by atoms with Gasteiger partial charge < -0.3 is 5.32 Å². The number of hydrogen-bond donors (Lipinski definition) is 2. The molecule has 0 aliphatic carbocycles. The molecule has 0 saturated heterocycles. The second kappa shape index (κ2) is 6.26. The second-order valence-electron chi connectivity index (χ2n) is 4.26. The molecule has 2 heterocycles. The normalized spacial score (nSPS) is 12.6. The van der Waals surface area contributed by atoms with Crippen molar-refractivity contribution in [1.29, 1.82) is 0 Å². The van der Waals surface area contributed by atoms with Crippen molar-refractivity contribution in [3.05, 3.63) is 47.8 Å². The highest BCUT2D eigenvalue weighted by Crippen LogP contribution is 2.12. The first-order chi connectivity index (χ1) is 8.77. The highest BCUT2D eigenvalue weighted by Gasteiger charge is 2.10. The Morgan fingerprint density at radius 2 is 2.39 bits per heavy atom. The van der Waals surface area contributed by atoms with Crippen molar-refractivity contribution < 1.29 is 4.39 Å². The SMILES string of the molecule is C[C@H](NCCCc1cn[nH]c1)c1ncccc1F. The Hall–Kier alpha value is -1.75. The summed E-state index contributed by atoms with van der Waals surface area (Å²) in [6, 6.07) is 2.96. The number of aromatic amines is 1. The maximum Gasteiger partial charge on any atom is 0.146 e. The van der Waals surface area contributed by atoms with Crippen LogP contribution in [0.15, 0.2) is 30.7 Å². The number of halogens is 1. The predicted octanol–water partition coefficient (Wildman–Crippen LogP) is 2.23. The molecule has 0 spiro atoms. The predicted molar refractivity (Wildman–Crippen MR) is 67.5 cm³/mol. The number of pyridine rings is 1. The van der Waals surface area contributed by atoms with Gasteiger partial charge in [-0.3, -0.25) is 10.1 Å². The quantitative estimate of drug-likeness (QED) is 0.771. The van der Waals surface area contributed by atoms with Gasteiger partial charge in [-0.2, -0.15) is 5.10 Å². The molecule has 4 nitrogen and oxygen atoms in total. The molecule has 0 saturated carbocycles. The molecule has 0 bridgehead atoms. The summed E-state index contributed by atoms with van der Waals surface area (Å²) in [5.41, 5.74) is 1.66. The minimum absolute atomic E-state index is 0.0736. The summed E-state index contributed by atoms with van der Waals surface area (Å²) >= 11 is 0. The van der Waals surface area contributed by atoms with Gasteiger partial charge in [-0.25, -0.2) is 4.39 Å². The van der Waals surface area contributed by atoms with E-state index >= 15 is 0 Å². The van der Waals surface area contributed by atoms with Crippen LogP contribution < -0.4 is 5.32 Å². The number of H-pyrrole nitrogens is 1. The third kappa shape index (κ3) is 3.37. The van der Waals surface area contributed by atoms with Crippen LogP contribution in [-0.2, 0) is 6.42 Å². The lowest BCUT2D eigenvalue weighted by atomic mass is 10.1. The molecule has 1 atom stereocenters. The van der Waals surface area contributed by atoms with Gasteiger partial charge in [-0.1, -0.05) is 0 Å². The highest BCUT2D eigenvalue weighted by atomic mass is 19.1. The number of aryl methyl sites for hydroxylation is 1. The molecule has 0 amide bonds. The van der Waals surface area contributed by atoms with E-state index in [1.165, 1.54) is 11.6 Å². The van der Waals surface area contributed by atoms with Gasteiger partial charge in [0.25, 0.3) is 0 Å². The van der Waals surface area contributed by atoms with Crippen LogP contribution in [-0.4, -0.2) is 21.7 Å². The van der Waals surface area contributed by atoms with E-state index in [4.69, 9.17) is 0 Å². The summed E-state index contributed by atoms with van der Waals surface area (Å²) in [5, 5.41) is 9.94. The summed E-state index contributed by atoms with van der Waals surface area (Å²) in [6.07, 6.45) is 7.27. The average Bonchev–Trinajstić information content (AvgIpc) is 2.88. The van der Waals surface area contributed by atoms with E-state index in [0.29, 0.717) is 5.69 Å². The fourth-order valence-corrected chi connectivity index (χ4v) is 1.84. The number of aromatic nitrogens is 3. The van der Waals surface area contributed by atoms with Crippen molar-refractivity contribution in [1.82, 2.24) is 20.5 Å². The molecule has 2 aromatic rings. The molecule has 0 fully saturated rings. The van der Waals surface area contributed by atoms with Crippen molar-refractivity contribution in [3.8, 4) is 0 Å².